The van der Waals surface area contributed by atoms with Gasteiger partial charge in [-0.05, 0) is 32.1 Å². The first-order valence-electron chi connectivity index (χ1n) is 8.57. The topological polar surface area (TPSA) is 58.6 Å². The number of piperidine rings is 1. The molecule has 2 aliphatic heterocycles. The lowest BCUT2D eigenvalue weighted by Crippen LogP contribution is -2.53. The van der Waals surface area contributed by atoms with E-state index in [4.69, 9.17) is 4.74 Å². The van der Waals surface area contributed by atoms with Crippen molar-refractivity contribution < 1.29 is 14.3 Å². The number of carbonyl (C=O) groups is 2. The number of ether oxygens (including phenoxy) is 1. The highest BCUT2D eigenvalue weighted by Gasteiger charge is 2.46. The van der Waals surface area contributed by atoms with Crippen LogP contribution in [-0.4, -0.2) is 41.6 Å². The third-order valence-electron chi connectivity index (χ3n) is 5.07. The van der Waals surface area contributed by atoms with E-state index in [-0.39, 0.29) is 17.9 Å². The van der Waals surface area contributed by atoms with Crippen molar-refractivity contribution in [3.8, 4) is 0 Å². The molecule has 2 fully saturated rings. The van der Waals surface area contributed by atoms with Gasteiger partial charge in [0.25, 0.3) is 5.91 Å². The molecule has 0 unspecified atom stereocenters. The fourth-order valence-corrected chi connectivity index (χ4v) is 3.66. The highest BCUT2D eigenvalue weighted by Crippen LogP contribution is 2.31. The quantitative estimate of drug-likeness (QED) is 0.813. The highest BCUT2D eigenvalue weighted by atomic mass is 16.5. The summed E-state index contributed by atoms with van der Waals surface area (Å²) in [6.07, 6.45) is 9.21. The molecule has 0 saturated carbocycles. The van der Waals surface area contributed by atoms with E-state index in [1.807, 2.05) is 11.8 Å². The van der Waals surface area contributed by atoms with Crippen LogP contribution < -0.4 is 5.32 Å². The van der Waals surface area contributed by atoms with Gasteiger partial charge in [0.2, 0.25) is 5.91 Å². The summed E-state index contributed by atoms with van der Waals surface area (Å²) < 4.78 is 5.92. The molecule has 3 aliphatic rings. The fraction of sp³-hybridized carbons (Fsp3) is 0.765. The number of allylic oxidation sites excluding steroid dienone is 1. The maximum atomic E-state index is 12.4. The second-order valence-electron chi connectivity index (χ2n) is 6.66. The molecule has 0 aromatic carbocycles. The van der Waals surface area contributed by atoms with Crippen molar-refractivity contribution in [2.24, 2.45) is 0 Å². The number of nitrogens with zero attached hydrogens (tertiary/aromatic N) is 1. The summed E-state index contributed by atoms with van der Waals surface area (Å²) in [6.45, 7) is 3.30. The molecular formula is C17H26N2O3. The summed E-state index contributed by atoms with van der Waals surface area (Å²) in [5.41, 5.74) is 0.770. The van der Waals surface area contributed by atoms with Crippen LogP contribution in [0.2, 0.25) is 0 Å². The van der Waals surface area contributed by atoms with Gasteiger partial charge in [-0.1, -0.05) is 18.6 Å². The number of rotatable bonds is 3. The van der Waals surface area contributed by atoms with Gasteiger partial charge in [-0.2, -0.15) is 0 Å². The van der Waals surface area contributed by atoms with Crippen molar-refractivity contribution in [2.75, 3.05) is 13.1 Å². The van der Waals surface area contributed by atoms with E-state index in [1.54, 1.807) is 0 Å². The van der Waals surface area contributed by atoms with Crippen LogP contribution in [0.15, 0.2) is 11.6 Å². The lowest BCUT2D eigenvalue weighted by atomic mass is 9.95. The molecule has 2 saturated heterocycles. The first kappa shape index (κ1) is 15.5. The van der Waals surface area contributed by atoms with E-state index >= 15 is 0 Å². The number of nitrogens with one attached hydrogen (secondary N) is 1. The molecule has 0 aromatic rings. The van der Waals surface area contributed by atoms with Crippen molar-refractivity contribution in [3.05, 3.63) is 11.6 Å². The summed E-state index contributed by atoms with van der Waals surface area (Å²) in [4.78, 5) is 26.2. The van der Waals surface area contributed by atoms with Crippen molar-refractivity contribution in [3.63, 3.8) is 0 Å². The minimum absolute atomic E-state index is 0.00497. The number of likely N-dealkylation sites (tertiary alicyclic amines) is 1. The molecule has 5 nitrogen and oxygen atoms in total. The van der Waals surface area contributed by atoms with E-state index in [9.17, 15) is 9.59 Å². The molecule has 122 valence electrons. The second-order valence-corrected chi connectivity index (χ2v) is 6.66. The van der Waals surface area contributed by atoms with E-state index < -0.39 is 5.72 Å². The van der Waals surface area contributed by atoms with Crippen LogP contribution in [0.1, 0.15) is 58.3 Å². The van der Waals surface area contributed by atoms with Crippen LogP contribution in [0.5, 0.6) is 0 Å². The van der Waals surface area contributed by atoms with Gasteiger partial charge < -0.3 is 15.0 Å². The Kier molecular flexibility index (Phi) is 4.52. The molecule has 2 heterocycles. The monoisotopic (exact) mass is 306 g/mol. The summed E-state index contributed by atoms with van der Waals surface area (Å²) in [6, 6.07) is 0. The zero-order valence-electron chi connectivity index (χ0n) is 13.4. The molecule has 22 heavy (non-hydrogen) atoms. The van der Waals surface area contributed by atoms with Gasteiger partial charge in [-0.15, -0.1) is 0 Å². The van der Waals surface area contributed by atoms with E-state index in [1.165, 1.54) is 18.4 Å². The number of carbonyl (C=O) groups excluding carboxylic acids is 2. The zero-order chi connectivity index (χ0) is 15.6. The molecular weight excluding hydrogens is 280 g/mol. The minimum atomic E-state index is -0.529. The Hall–Kier alpha value is -1.36. The predicted octanol–water partition coefficient (Wildman–Crippen LogP) is 2.12. The Morgan fingerprint density at radius 2 is 2.18 bits per heavy atom. The van der Waals surface area contributed by atoms with Gasteiger partial charge in [0.1, 0.15) is 11.8 Å². The summed E-state index contributed by atoms with van der Waals surface area (Å²) in [7, 11) is 0. The lowest BCUT2D eigenvalue weighted by Gasteiger charge is -2.38. The largest absolute Gasteiger partial charge is 0.343 e. The molecule has 0 radical (unpaired) electrons. The normalized spacial score (nSPS) is 27.7. The third kappa shape index (κ3) is 3.19. The number of amides is 2. The maximum Gasteiger partial charge on any atom is 0.251 e. The Balaban J connectivity index is 1.52. The summed E-state index contributed by atoms with van der Waals surface area (Å²) in [5, 5.41) is 3.00. The zero-order valence-corrected chi connectivity index (χ0v) is 13.4. The molecule has 1 aliphatic carbocycles. The smallest absolute Gasteiger partial charge is 0.251 e. The average Bonchev–Trinajstić information content (AvgIpc) is 2.84. The highest BCUT2D eigenvalue weighted by molar-refractivity contribution is 5.83. The SMILES string of the molecule is CC[C@@H]1OC2(CCN(C(=O)CC3=CCCCC3)CC2)NC1=O. The maximum absolute atomic E-state index is 12.4. The van der Waals surface area contributed by atoms with Crippen LogP contribution in [0, 0.1) is 0 Å². The minimum Gasteiger partial charge on any atom is -0.343 e. The van der Waals surface area contributed by atoms with E-state index in [2.05, 4.69) is 11.4 Å². The number of hydrogen-bond donors (Lipinski definition) is 1. The van der Waals surface area contributed by atoms with E-state index in [0.29, 0.717) is 38.8 Å². The van der Waals surface area contributed by atoms with Gasteiger partial charge in [0.15, 0.2) is 0 Å². The van der Waals surface area contributed by atoms with Crippen molar-refractivity contribution in [1.82, 2.24) is 10.2 Å². The molecule has 1 atom stereocenters. The lowest BCUT2D eigenvalue weighted by molar-refractivity contribution is -0.138. The average molecular weight is 306 g/mol. The Labute approximate surface area is 132 Å². The van der Waals surface area contributed by atoms with Gasteiger partial charge in [-0.25, -0.2) is 0 Å². The van der Waals surface area contributed by atoms with Crippen molar-refractivity contribution >= 4 is 11.8 Å². The summed E-state index contributed by atoms with van der Waals surface area (Å²) >= 11 is 0. The first-order valence-corrected chi connectivity index (χ1v) is 8.57. The Morgan fingerprint density at radius 3 is 2.77 bits per heavy atom. The Bertz CT molecular complexity index is 478. The molecule has 2 amide bonds. The van der Waals surface area contributed by atoms with E-state index in [0.717, 1.165) is 12.8 Å². The second kappa shape index (κ2) is 6.41. The molecule has 0 aromatic heterocycles. The van der Waals surface area contributed by atoms with Crippen LogP contribution in [-0.2, 0) is 14.3 Å². The van der Waals surface area contributed by atoms with Crippen LogP contribution in [0.3, 0.4) is 0 Å². The van der Waals surface area contributed by atoms with Gasteiger partial charge in [0, 0.05) is 32.4 Å². The molecule has 0 bridgehead atoms. The van der Waals surface area contributed by atoms with Crippen molar-refractivity contribution in [1.29, 1.82) is 0 Å². The Morgan fingerprint density at radius 1 is 1.41 bits per heavy atom. The molecule has 5 heteroatoms. The van der Waals surface area contributed by atoms with Gasteiger partial charge in [0.05, 0.1) is 0 Å². The molecule has 1 N–H and O–H groups in total. The third-order valence-corrected chi connectivity index (χ3v) is 5.07. The van der Waals surface area contributed by atoms with Crippen molar-refractivity contribution in [2.45, 2.75) is 70.1 Å². The van der Waals surface area contributed by atoms with Gasteiger partial charge >= 0.3 is 0 Å². The number of hydrogen-bond acceptors (Lipinski definition) is 3. The van der Waals surface area contributed by atoms with Crippen LogP contribution >= 0.6 is 0 Å². The predicted molar refractivity (Wildman–Crippen MR) is 83.0 cm³/mol. The first-order chi connectivity index (χ1) is 10.6. The van der Waals surface area contributed by atoms with Crippen LogP contribution in [0.25, 0.3) is 0 Å². The fourth-order valence-electron chi connectivity index (χ4n) is 3.66. The summed E-state index contributed by atoms with van der Waals surface area (Å²) in [5.74, 6) is 0.217. The van der Waals surface area contributed by atoms with Crippen LogP contribution in [0.4, 0.5) is 0 Å². The standard InChI is InChI=1S/C17H26N2O3/c1-2-14-16(21)18-17(22-14)8-10-19(11-9-17)15(20)12-13-6-4-3-5-7-13/h6,14H,2-5,7-12H2,1H3,(H,18,21)/t14-/m0/s1. The van der Waals surface area contributed by atoms with Gasteiger partial charge in [-0.3, -0.25) is 9.59 Å². The molecule has 1 spiro atoms. The molecule has 3 rings (SSSR count).